The maximum Gasteiger partial charge on any atom is 0.193 e. The standard InChI is InChI=1S/C22H37N3O3/c1-3-4-13-26-15-16-27-14-11-24-22(23-2)25-12-10-21(17-25)19-28-18-20-8-6-5-7-9-20/h5-9,21H,3-4,10-19H2,1-2H3,(H,23,24). The number of aliphatic imine (C=N–C) groups is 1. The van der Waals surface area contributed by atoms with Gasteiger partial charge in [0.15, 0.2) is 5.96 Å². The maximum absolute atomic E-state index is 5.91. The quantitative estimate of drug-likeness (QED) is 0.318. The highest BCUT2D eigenvalue weighted by Crippen LogP contribution is 2.17. The molecule has 28 heavy (non-hydrogen) atoms. The van der Waals surface area contributed by atoms with Crippen molar-refractivity contribution in [2.75, 3.05) is 59.7 Å². The van der Waals surface area contributed by atoms with Crippen LogP contribution in [0.1, 0.15) is 31.7 Å². The molecule has 1 aromatic carbocycles. The van der Waals surface area contributed by atoms with Gasteiger partial charge in [-0.2, -0.15) is 0 Å². The number of ether oxygens (including phenoxy) is 3. The van der Waals surface area contributed by atoms with Gasteiger partial charge in [0.2, 0.25) is 0 Å². The SMILES string of the molecule is CCCCOCCOCCNC(=NC)N1CCC(COCc2ccccc2)C1. The van der Waals surface area contributed by atoms with E-state index in [0.717, 1.165) is 51.6 Å². The molecule has 1 N–H and O–H groups in total. The van der Waals surface area contributed by atoms with Gasteiger partial charge in [0.25, 0.3) is 0 Å². The number of likely N-dealkylation sites (tertiary alicyclic amines) is 1. The zero-order chi connectivity index (χ0) is 19.9. The van der Waals surface area contributed by atoms with E-state index in [4.69, 9.17) is 14.2 Å². The summed E-state index contributed by atoms with van der Waals surface area (Å²) >= 11 is 0. The molecule has 2 rings (SSSR count). The van der Waals surface area contributed by atoms with E-state index in [1.807, 2.05) is 13.1 Å². The first-order chi connectivity index (χ1) is 13.8. The van der Waals surface area contributed by atoms with Crippen LogP contribution in [0.25, 0.3) is 0 Å². The van der Waals surface area contributed by atoms with Crippen molar-refractivity contribution in [1.82, 2.24) is 10.2 Å². The third-order valence-corrected chi connectivity index (χ3v) is 4.81. The van der Waals surface area contributed by atoms with Crippen molar-refractivity contribution in [3.8, 4) is 0 Å². The van der Waals surface area contributed by atoms with Gasteiger partial charge in [0, 0.05) is 39.2 Å². The van der Waals surface area contributed by atoms with Gasteiger partial charge in [-0.1, -0.05) is 43.7 Å². The molecule has 0 amide bonds. The second kappa shape index (κ2) is 14.4. The highest BCUT2D eigenvalue weighted by Gasteiger charge is 2.24. The van der Waals surface area contributed by atoms with Crippen LogP contribution >= 0.6 is 0 Å². The molecule has 0 bridgehead atoms. The molecule has 1 heterocycles. The number of unbranched alkanes of at least 4 members (excludes halogenated alkanes) is 1. The number of nitrogens with one attached hydrogen (secondary N) is 1. The summed E-state index contributed by atoms with van der Waals surface area (Å²) in [5.41, 5.74) is 1.23. The van der Waals surface area contributed by atoms with Gasteiger partial charge < -0.3 is 24.4 Å². The first-order valence-electron chi connectivity index (χ1n) is 10.6. The van der Waals surface area contributed by atoms with E-state index in [1.165, 1.54) is 12.0 Å². The summed E-state index contributed by atoms with van der Waals surface area (Å²) in [6.45, 7) is 9.22. The van der Waals surface area contributed by atoms with E-state index in [2.05, 4.69) is 46.4 Å². The molecule has 1 atom stereocenters. The fourth-order valence-electron chi connectivity index (χ4n) is 3.21. The molecular formula is C22H37N3O3. The largest absolute Gasteiger partial charge is 0.379 e. The Morgan fingerprint density at radius 3 is 2.64 bits per heavy atom. The van der Waals surface area contributed by atoms with Crippen molar-refractivity contribution < 1.29 is 14.2 Å². The number of nitrogens with zero attached hydrogens (tertiary/aromatic N) is 2. The van der Waals surface area contributed by atoms with E-state index >= 15 is 0 Å². The molecule has 0 radical (unpaired) electrons. The van der Waals surface area contributed by atoms with Crippen LogP contribution in [0.4, 0.5) is 0 Å². The maximum atomic E-state index is 5.91. The zero-order valence-corrected chi connectivity index (χ0v) is 17.6. The summed E-state index contributed by atoms with van der Waals surface area (Å²) in [6.07, 6.45) is 3.42. The Balaban J connectivity index is 1.53. The molecule has 6 heteroatoms. The third-order valence-electron chi connectivity index (χ3n) is 4.81. The van der Waals surface area contributed by atoms with E-state index in [1.54, 1.807) is 0 Å². The molecule has 6 nitrogen and oxygen atoms in total. The Morgan fingerprint density at radius 1 is 1.11 bits per heavy atom. The smallest absolute Gasteiger partial charge is 0.193 e. The summed E-state index contributed by atoms with van der Waals surface area (Å²) in [7, 11) is 1.84. The lowest BCUT2D eigenvalue weighted by atomic mass is 10.1. The number of hydrogen-bond donors (Lipinski definition) is 1. The molecule has 0 aliphatic carbocycles. The number of hydrogen-bond acceptors (Lipinski definition) is 4. The number of rotatable bonds is 13. The molecule has 0 aromatic heterocycles. The lowest BCUT2D eigenvalue weighted by Crippen LogP contribution is -2.41. The molecular weight excluding hydrogens is 354 g/mol. The fraction of sp³-hybridized carbons (Fsp3) is 0.682. The molecule has 1 saturated heterocycles. The number of benzene rings is 1. The van der Waals surface area contributed by atoms with Crippen LogP contribution in [0.15, 0.2) is 35.3 Å². The summed E-state index contributed by atoms with van der Waals surface area (Å²) in [6, 6.07) is 10.3. The van der Waals surface area contributed by atoms with Crippen LogP contribution in [0, 0.1) is 5.92 Å². The summed E-state index contributed by atoms with van der Waals surface area (Å²) in [5.74, 6) is 1.51. The van der Waals surface area contributed by atoms with Crippen LogP contribution < -0.4 is 5.32 Å². The predicted molar refractivity (Wildman–Crippen MR) is 114 cm³/mol. The highest BCUT2D eigenvalue weighted by atomic mass is 16.5. The minimum absolute atomic E-state index is 0.554. The van der Waals surface area contributed by atoms with Crippen LogP contribution in [0.3, 0.4) is 0 Å². The average Bonchev–Trinajstić information content (AvgIpc) is 3.19. The van der Waals surface area contributed by atoms with Crippen LogP contribution in [0.2, 0.25) is 0 Å². The fourth-order valence-corrected chi connectivity index (χ4v) is 3.21. The number of guanidine groups is 1. The van der Waals surface area contributed by atoms with Crippen molar-refractivity contribution in [3.05, 3.63) is 35.9 Å². The van der Waals surface area contributed by atoms with E-state index in [9.17, 15) is 0 Å². The van der Waals surface area contributed by atoms with Crippen LogP contribution in [-0.2, 0) is 20.8 Å². The molecule has 1 fully saturated rings. The Hall–Kier alpha value is -1.63. The summed E-state index contributed by atoms with van der Waals surface area (Å²) < 4.78 is 17.0. The molecule has 1 unspecified atom stereocenters. The normalized spacial score (nSPS) is 17.3. The Kier molecular flexibility index (Phi) is 11.6. The molecule has 158 valence electrons. The minimum atomic E-state index is 0.554. The summed E-state index contributed by atoms with van der Waals surface area (Å²) in [4.78, 5) is 6.72. The van der Waals surface area contributed by atoms with E-state index in [-0.39, 0.29) is 0 Å². The van der Waals surface area contributed by atoms with Gasteiger partial charge in [-0.05, 0) is 18.4 Å². The molecule has 1 aliphatic heterocycles. The minimum Gasteiger partial charge on any atom is -0.379 e. The average molecular weight is 392 g/mol. The first-order valence-corrected chi connectivity index (χ1v) is 10.6. The Bertz CT molecular complexity index is 539. The lowest BCUT2D eigenvalue weighted by molar-refractivity contribution is 0.0486. The lowest BCUT2D eigenvalue weighted by Gasteiger charge is -2.21. The van der Waals surface area contributed by atoms with Crippen molar-refractivity contribution in [1.29, 1.82) is 0 Å². The molecule has 1 aromatic rings. The van der Waals surface area contributed by atoms with Gasteiger partial charge in [-0.3, -0.25) is 4.99 Å². The van der Waals surface area contributed by atoms with Crippen molar-refractivity contribution in [2.24, 2.45) is 10.9 Å². The Labute approximate surface area is 170 Å². The molecule has 0 spiro atoms. The van der Waals surface area contributed by atoms with Crippen molar-refractivity contribution in [3.63, 3.8) is 0 Å². The van der Waals surface area contributed by atoms with Crippen LogP contribution in [-0.4, -0.2) is 70.6 Å². The van der Waals surface area contributed by atoms with Gasteiger partial charge in [-0.15, -0.1) is 0 Å². The van der Waals surface area contributed by atoms with Crippen LogP contribution in [0.5, 0.6) is 0 Å². The third kappa shape index (κ3) is 9.04. The zero-order valence-electron chi connectivity index (χ0n) is 17.6. The van der Waals surface area contributed by atoms with Gasteiger partial charge in [0.05, 0.1) is 33.0 Å². The second-order valence-corrected chi connectivity index (χ2v) is 7.15. The van der Waals surface area contributed by atoms with Gasteiger partial charge in [-0.25, -0.2) is 0 Å². The topological polar surface area (TPSA) is 55.3 Å². The van der Waals surface area contributed by atoms with E-state index in [0.29, 0.717) is 32.3 Å². The Morgan fingerprint density at radius 2 is 1.89 bits per heavy atom. The van der Waals surface area contributed by atoms with Gasteiger partial charge in [0.1, 0.15) is 0 Å². The molecule has 0 saturated carbocycles. The van der Waals surface area contributed by atoms with Crippen molar-refractivity contribution >= 4 is 5.96 Å². The predicted octanol–water partition coefficient (Wildman–Crippen LogP) is 2.93. The van der Waals surface area contributed by atoms with Gasteiger partial charge >= 0.3 is 0 Å². The second-order valence-electron chi connectivity index (χ2n) is 7.15. The van der Waals surface area contributed by atoms with E-state index < -0.39 is 0 Å². The monoisotopic (exact) mass is 391 g/mol. The van der Waals surface area contributed by atoms with Crippen molar-refractivity contribution in [2.45, 2.75) is 32.8 Å². The molecule has 1 aliphatic rings. The highest BCUT2D eigenvalue weighted by molar-refractivity contribution is 5.80. The first kappa shape index (κ1) is 22.7. The summed E-state index contributed by atoms with van der Waals surface area (Å²) in [5, 5.41) is 3.39.